The highest BCUT2D eigenvalue weighted by atomic mass is 16.4. The van der Waals surface area contributed by atoms with Gasteiger partial charge in [0.15, 0.2) is 0 Å². The minimum absolute atomic E-state index is 0.163. The summed E-state index contributed by atoms with van der Waals surface area (Å²) in [6.07, 6.45) is 1.78. The summed E-state index contributed by atoms with van der Waals surface area (Å²) in [7, 11) is 0. The number of rotatable bonds is 4. The van der Waals surface area contributed by atoms with E-state index in [1.807, 2.05) is 25.1 Å². The number of benzene rings is 1. The van der Waals surface area contributed by atoms with E-state index >= 15 is 0 Å². The van der Waals surface area contributed by atoms with Gasteiger partial charge < -0.3 is 5.11 Å². The van der Waals surface area contributed by atoms with Crippen LogP contribution in [-0.2, 0) is 11.2 Å². The van der Waals surface area contributed by atoms with Gasteiger partial charge in [-0.3, -0.25) is 9.69 Å². The first-order valence-corrected chi connectivity index (χ1v) is 6.19. The SMILES string of the molecule is CC1C(C(=O)O)CCN1CCc1ccccc1. The molecule has 0 aliphatic carbocycles. The molecule has 0 amide bonds. The van der Waals surface area contributed by atoms with Gasteiger partial charge in [-0.15, -0.1) is 0 Å². The zero-order valence-corrected chi connectivity index (χ0v) is 10.2. The minimum atomic E-state index is -0.653. The van der Waals surface area contributed by atoms with E-state index in [9.17, 15) is 4.79 Å². The quantitative estimate of drug-likeness (QED) is 0.865. The fraction of sp³-hybridized carbons (Fsp3) is 0.500. The van der Waals surface area contributed by atoms with Crippen LogP contribution in [-0.4, -0.2) is 35.1 Å². The van der Waals surface area contributed by atoms with Gasteiger partial charge in [-0.25, -0.2) is 0 Å². The van der Waals surface area contributed by atoms with E-state index in [1.165, 1.54) is 5.56 Å². The molecule has 0 radical (unpaired) electrons. The van der Waals surface area contributed by atoms with Gasteiger partial charge in [0.05, 0.1) is 5.92 Å². The minimum Gasteiger partial charge on any atom is -0.481 e. The normalized spacial score (nSPS) is 25.0. The van der Waals surface area contributed by atoms with Crippen LogP contribution in [0.4, 0.5) is 0 Å². The lowest BCUT2D eigenvalue weighted by molar-refractivity contribution is -0.142. The Morgan fingerprint density at radius 3 is 2.71 bits per heavy atom. The molecule has 3 heteroatoms. The van der Waals surface area contributed by atoms with E-state index in [1.54, 1.807) is 0 Å². The first kappa shape index (κ1) is 12.1. The summed E-state index contributed by atoms with van der Waals surface area (Å²) in [6.45, 7) is 3.89. The second-order valence-corrected chi connectivity index (χ2v) is 4.75. The van der Waals surface area contributed by atoms with Crippen molar-refractivity contribution in [2.45, 2.75) is 25.8 Å². The van der Waals surface area contributed by atoms with Gasteiger partial charge in [0, 0.05) is 12.6 Å². The first-order chi connectivity index (χ1) is 8.18. The topological polar surface area (TPSA) is 40.5 Å². The predicted molar refractivity (Wildman–Crippen MR) is 66.9 cm³/mol. The van der Waals surface area contributed by atoms with E-state index in [2.05, 4.69) is 17.0 Å². The Balaban J connectivity index is 1.87. The number of nitrogens with zero attached hydrogens (tertiary/aromatic N) is 1. The fourth-order valence-corrected chi connectivity index (χ4v) is 2.57. The van der Waals surface area contributed by atoms with Gasteiger partial charge in [-0.05, 0) is 31.9 Å². The molecule has 3 nitrogen and oxygen atoms in total. The van der Waals surface area contributed by atoms with E-state index in [4.69, 9.17) is 5.11 Å². The summed E-state index contributed by atoms with van der Waals surface area (Å²) >= 11 is 0. The zero-order valence-electron chi connectivity index (χ0n) is 10.2. The van der Waals surface area contributed by atoms with Crippen molar-refractivity contribution in [2.75, 3.05) is 13.1 Å². The van der Waals surface area contributed by atoms with Crippen molar-refractivity contribution in [3.05, 3.63) is 35.9 Å². The van der Waals surface area contributed by atoms with Crippen LogP contribution < -0.4 is 0 Å². The Morgan fingerprint density at radius 1 is 1.41 bits per heavy atom. The molecule has 0 spiro atoms. The third kappa shape index (κ3) is 2.86. The van der Waals surface area contributed by atoms with Gasteiger partial charge in [0.2, 0.25) is 0 Å². The third-order valence-electron chi connectivity index (χ3n) is 3.73. The lowest BCUT2D eigenvalue weighted by atomic mass is 10.0. The zero-order chi connectivity index (χ0) is 12.3. The summed E-state index contributed by atoms with van der Waals surface area (Å²) < 4.78 is 0. The molecule has 2 unspecified atom stereocenters. The van der Waals surface area contributed by atoms with Crippen LogP contribution in [0.25, 0.3) is 0 Å². The van der Waals surface area contributed by atoms with Crippen molar-refractivity contribution in [3.63, 3.8) is 0 Å². The van der Waals surface area contributed by atoms with Gasteiger partial charge in [0.1, 0.15) is 0 Å². The number of hydrogen-bond donors (Lipinski definition) is 1. The highest BCUT2D eigenvalue weighted by Crippen LogP contribution is 2.24. The van der Waals surface area contributed by atoms with Crippen LogP contribution in [0, 0.1) is 5.92 Å². The average Bonchev–Trinajstić information content (AvgIpc) is 2.69. The molecule has 1 fully saturated rings. The van der Waals surface area contributed by atoms with E-state index in [0.717, 1.165) is 25.9 Å². The summed E-state index contributed by atoms with van der Waals surface area (Å²) in [5.74, 6) is -0.842. The van der Waals surface area contributed by atoms with Crippen molar-refractivity contribution in [2.24, 2.45) is 5.92 Å². The molecule has 1 saturated heterocycles. The van der Waals surface area contributed by atoms with Gasteiger partial charge in [-0.2, -0.15) is 0 Å². The van der Waals surface area contributed by atoms with Gasteiger partial charge in [0.25, 0.3) is 0 Å². The number of aliphatic carboxylic acids is 1. The van der Waals surface area contributed by atoms with E-state index < -0.39 is 5.97 Å². The van der Waals surface area contributed by atoms with Gasteiger partial charge >= 0.3 is 5.97 Å². The number of carbonyl (C=O) groups is 1. The lowest BCUT2D eigenvalue weighted by Crippen LogP contribution is -2.34. The van der Waals surface area contributed by atoms with Crippen molar-refractivity contribution in [3.8, 4) is 0 Å². The summed E-state index contributed by atoms with van der Waals surface area (Å²) in [4.78, 5) is 13.3. The average molecular weight is 233 g/mol. The predicted octanol–water partition coefficient (Wildman–Crippen LogP) is 2.02. The molecule has 0 bridgehead atoms. The maximum atomic E-state index is 11.0. The summed E-state index contributed by atoms with van der Waals surface area (Å²) in [6, 6.07) is 10.5. The second kappa shape index (κ2) is 5.32. The smallest absolute Gasteiger partial charge is 0.308 e. The molecule has 1 N–H and O–H groups in total. The molecule has 0 aromatic heterocycles. The molecule has 1 heterocycles. The number of carboxylic acids is 1. The monoisotopic (exact) mass is 233 g/mol. The summed E-state index contributed by atoms with van der Waals surface area (Å²) in [5.41, 5.74) is 1.32. The first-order valence-electron chi connectivity index (χ1n) is 6.19. The van der Waals surface area contributed by atoms with E-state index in [-0.39, 0.29) is 12.0 Å². The number of likely N-dealkylation sites (tertiary alicyclic amines) is 1. The molecule has 0 saturated carbocycles. The van der Waals surface area contributed by atoms with E-state index in [0.29, 0.717) is 0 Å². The molecular weight excluding hydrogens is 214 g/mol. The number of carboxylic acid groups (broad SMARTS) is 1. The van der Waals surface area contributed by atoms with Crippen molar-refractivity contribution >= 4 is 5.97 Å². The van der Waals surface area contributed by atoms with Crippen molar-refractivity contribution in [1.82, 2.24) is 4.90 Å². The lowest BCUT2D eigenvalue weighted by Gasteiger charge is -2.22. The standard InChI is InChI=1S/C14H19NO2/c1-11-13(14(16)17)8-10-15(11)9-7-12-5-3-2-4-6-12/h2-6,11,13H,7-10H2,1H3,(H,16,17). The Morgan fingerprint density at radius 2 is 2.12 bits per heavy atom. The highest BCUT2D eigenvalue weighted by molar-refractivity contribution is 5.71. The van der Waals surface area contributed by atoms with Crippen LogP contribution in [0.1, 0.15) is 18.9 Å². The molecule has 1 aliphatic rings. The largest absolute Gasteiger partial charge is 0.481 e. The van der Waals surface area contributed by atoms with Crippen LogP contribution in [0.5, 0.6) is 0 Å². The van der Waals surface area contributed by atoms with Gasteiger partial charge in [-0.1, -0.05) is 30.3 Å². The Hall–Kier alpha value is -1.35. The molecule has 92 valence electrons. The molecule has 2 atom stereocenters. The van der Waals surface area contributed by atoms with Crippen molar-refractivity contribution < 1.29 is 9.90 Å². The molecule has 2 rings (SSSR count). The highest BCUT2D eigenvalue weighted by Gasteiger charge is 2.34. The van der Waals surface area contributed by atoms with Crippen LogP contribution in [0.15, 0.2) is 30.3 Å². The Labute approximate surface area is 102 Å². The Bertz CT molecular complexity index is 377. The molecule has 1 aromatic carbocycles. The Kier molecular flexibility index (Phi) is 3.79. The summed E-state index contributed by atoms with van der Waals surface area (Å²) in [5, 5.41) is 9.06. The molecular formula is C14H19NO2. The van der Waals surface area contributed by atoms with Crippen LogP contribution >= 0.6 is 0 Å². The molecule has 1 aliphatic heterocycles. The van der Waals surface area contributed by atoms with Crippen LogP contribution in [0.3, 0.4) is 0 Å². The van der Waals surface area contributed by atoms with Crippen molar-refractivity contribution in [1.29, 1.82) is 0 Å². The number of hydrogen-bond acceptors (Lipinski definition) is 2. The fourth-order valence-electron chi connectivity index (χ4n) is 2.57. The third-order valence-corrected chi connectivity index (χ3v) is 3.73. The molecule has 17 heavy (non-hydrogen) atoms. The maximum absolute atomic E-state index is 11.0. The van der Waals surface area contributed by atoms with Crippen LogP contribution in [0.2, 0.25) is 0 Å². The second-order valence-electron chi connectivity index (χ2n) is 4.75. The molecule has 1 aromatic rings. The maximum Gasteiger partial charge on any atom is 0.308 e.